The Kier molecular flexibility index (Phi) is 4.95. The fraction of sp³-hybridized carbons (Fsp3) is 0.125. The van der Waals surface area contributed by atoms with E-state index < -0.39 is 0 Å². The first-order valence-corrected chi connectivity index (χ1v) is 6.83. The lowest BCUT2D eigenvalue weighted by molar-refractivity contribution is -0.116. The highest BCUT2D eigenvalue weighted by Gasteiger charge is 2.05. The van der Waals surface area contributed by atoms with Crippen molar-refractivity contribution in [1.82, 2.24) is 0 Å². The van der Waals surface area contributed by atoms with Gasteiger partial charge in [0.05, 0.1) is 6.42 Å². The molecule has 0 bridgehead atoms. The monoisotopic (exact) mass is 302 g/mol. The number of halogens is 1. The molecule has 0 saturated heterocycles. The average molecular weight is 303 g/mol. The summed E-state index contributed by atoms with van der Waals surface area (Å²) in [6.07, 6.45) is 0.257. The normalized spacial score (nSPS) is 10.0. The molecule has 2 rings (SSSR count). The van der Waals surface area contributed by atoms with Gasteiger partial charge in [0, 0.05) is 23.3 Å². The van der Waals surface area contributed by atoms with E-state index in [2.05, 4.69) is 10.6 Å². The van der Waals surface area contributed by atoms with Crippen molar-refractivity contribution in [2.75, 3.05) is 10.6 Å². The molecule has 108 valence electrons. The maximum absolute atomic E-state index is 11.9. The van der Waals surface area contributed by atoms with Gasteiger partial charge in [0.15, 0.2) is 0 Å². The molecular weight excluding hydrogens is 288 g/mol. The van der Waals surface area contributed by atoms with Crippen LogP contribution in [-0.2, 0) is 16.0 Å². The summed E-state index contributed by atoms with van der Waals surface area (Å²) >= 11 is 5.86. The zero-order valence-electron chi connectivity index (χ0n) is 11.5. The second-order valence-electron chi connectivity index (χ2n) is 4.61. The van der Waals surface area contributed by atoms with E-state index in [1.807, 2.05) is 12.1 Å². The van der Waals surface area contributed by atoms with Crippen LogP contribution < -0.4 is 10.6 Å². The van der Waals surface area contributed by atoms with Crippen LogP contribution in [0.15, 0.2) is 48.5 Å². The summed E-state index contributed by atoms with van der Waals surface area (Å²) in [4.78, 5) is 22.9. The highest BCUT2D eigenvalue weighted by molar-refractivity contribution is 6.30. The average Bonchev–Trinajstić information content (AvgIpc) is 2.40. The lowest BCUT2D eigenvalue weighted by Crippen LogP contribution is -2.14. The number of benzene rings is 2. The number of hydrogen-bond donors (Lipinski definition) is 2. The van der Waals surface area contributed by atoms with Crippen molar-refractivity contribution in [3.05, 3.63) is 59.1 Å². The highest BCUT2D eigenvalue weighted by Crippen LogP contribution is 2.15. The number of rotatable bonds is 4. The minimum Gasteiger partial charge on any atom is -0.326 e. The number of amides is 2. The first-order valence-electron chi connectivity index (χ1n) is 6.45. The zero-order valence-corrected chi connectivity index (χ0v) is 12.3. The summed E-state index contributed by atoms with van der Waals surface area (Å²) in [5.41, 5.74) is 2.24. The van der Waals surface area contributed by atoms with Crippen LogP contribution in [0.3, 0.4) is 0 Å². The SMILES string of the molecule is CC(=O)Nc1ccc(CC(=O)Nc2cccc(Cl)c2)cc1. The third-order valence-corrected chi connectivity index (χ3v) is 2.98. The molecule has 2 aromatic carbocycles. The van der Waals surface area contributed by atoms with Gasteiger partial charge in [0.1, 0.15) is 0 Å². The Bertz CT molecular complexity index is 654. The Morgan fingerprint density at radius 1 is 1.00 bits per heavy atom. The number of hydrogen-bond acceptors (Lipinski definition) is 2. The molecule has 0 aromatic heterocycles. The Hall–Kier alpha value is -2.33. The molecule has 2 N–H and O–H groups in total. The van der Waals surface area contributed by atoms with Gasteiger partial charge >= 0.3 is 0 Å². The maximum Gasteiger partial charge on any atom is 0.228 e. The largest absolute Gasteiger partial charge is 0.326 e. The van der Waals surface area contributed by atoms with Crippen molar-refractivity contribution >= 4 is 34.8 Å². The molecule has 0 radical (unpaired) electrons. The number of nitrogens with one attached hydrogen (secondary N) is 2. The van der Waals surface area contributed by atoms with Gasteiger partial charge < -0.3 is 10.6 Å². The van der Waals surface area contributed by atoms with Crippen LogP contribution >= 0.6 is 11.6 Å². The van der Waals surface area contributed by atoms with Crippen molar-refractivity contribution < 1.29 is 9.59 Å². The summed E-state index contributed by atoms with van der Waals surface area (Å²) in [6, 6.07) is 14.2. The van der Waals surface area contributed by atoms with Crippen molar-refractivity contribution in [2.45, 2.75) is 13.3 Å². The van der Waals surface area contributed by atoms with Crippen molar-refractivity contribution in [3.8, 4) is 0 Å². The van der Waals surface area contributed by atoms with Crippen LogP contribution in [-0.4, -0.2) is 11.8 Å². The molecule has 0 aliphatic carbocycles. The molecule has 0 atom stereocenters. The van der Waals surface area contributed by atoms with Gasteiger partial charge in [-0.05, 0) is 35.9 Å². The van der Waals surface area contributed by atoms with Crippen LogP contribution in [0.2, 0.25) is 5.02 Å². The molecule has 0 aliphatic rings. The summed E-state index contributed by atoms with van der Waals surface area (Å²) in [7, 11) is 0. The van der Waals surface area contributed by atoms with Gasteiger partial charge in [-0.2, -0.15) is 0 Å². The zero-order chi connectivity index (χ0) is 15.2. The van der Waals surface area contributed by atoms with Crippen LogP contribution in [0.25, 0.3) is 0 Å². The second-order valence-corrected chi connectivity index (χ2v) is 5.05. The molecule has 0 spiro atoms. The Labute approximate surface area is 128 Å². The molecule has 0 aliphatic heterocycles. The third kappa shape index (κ3) is 4.93. The number of carbonyl (C=O) groups excluding carboxylic acids is 2. The fourth-order valence-corrected chi connectivity index (χ4v) is 2.06. The Balaban J connectivity index is 1.95. The fourth-order valence-electron chi connectivity index (χ4n) is 1.87. The van der Waals surface area contributed by atoms with Crippen molar-refractivity contribution in [2.24, 2.45) is 0 Å². The topological polar surface area (TPSA) is 58.2 Å². The van der Waals surface area contributed by atoms with Gasteiger partial charge in [-0.25, -0.2) is 0 Å². The van der Waals surface area contributed by atoms with Gasteiger partial charge in [-0.3, -0.25) is 9.59 Å². The van der Waals surface area contributed by atoms with Crippen LogP contribution in [0.5, 0.6) is 0 Å². The smallest absolute Gasteiger partial charge is 0.228 e. The minimum atomic E-state index is -0.124. The summed E-state index contributed by atoms with van der Waals surface area (Å²) < 4.78 is 0. The van der Waals surface area contributed by atoms with E-state index in [-0.39, 0.29) is 18.2 Å². The quantitative estimate of drug-likeness (QED) is 0.908. The molecule has 0 fully saturated rings. The van der Waals surface area contributed by atoms with Gasteiger partial charge in [0.2, 0.25) is 11.8 Å². The molecule has 0 unspecified atom stereocenters. The van der Waals surface area contributed by atoms with E-state index in [9.17, 15) is 9.59 Å². The molecule has 0 heterocycles. The predicted molar refractivity (Wildman–Crippen MR) is 84.5 cm³/mol. The van der Waals surface area contributed by atoms with E-state index in [1.165, 1.54) is 6.92 Å². The first-order chi connectivity index (χ1) is 10.0. The van der Waals surface area contributed by atoms with E-state index >= 15 is 0 Å². The molecule has 2 amide bonds. The van der Waals surface area contributed by atoms with Crippen LogP contribution in [0, 0.1) is 0 Å². The molecule has 2 aromatic rings. The summed E-state index contributed by atoms with van der Waals surface area (Å²) in [5.74, 6) is -0.244. The third-order valence-electron chi connectivity index (χ3n) is 2.75. The molecule has 5 heteroatoms. The lowest BCUT2D eigenvalue weighted by Gasteiger charge is -2.07. The van der Waals surface area contributed by atoms with Gasteiger partial charge in [0.25, 0.3) is 0 Å². The van der Waals surface area contributed by atoms with E-state index in [0.29, 0.717) is 16.4 Å². The number of anilines is 2. The molecular formula is C16H15ClN2O2. The van der Waals surface area contributed by atoms with E-state index in [4.69, 9.17) is 11.6 Å². The summed E-state index contributed by atoms with van der Waals surface area (Å²) in [6.45, 7) is 1.45. The maximum atomic E-state index is 11.9. The second kappa shape index (κ2) is 6.90. The van der Waals surface area contributed by atoms with Crippen molar-refractivity contribution in [3.63, 3.8) is 0 Å². The standard InChI is InChI=1S/C16H15ClN2O2/c1-11(20)18-14-7-5-12(6-8-14)9-16(21)19-15-4-2-3-13(17)10-15/h2-8,10H,9H2,1H3,(H,18,20)(H,19,21). The van der Waals surface area contributed by atoms with E-state index in [0.717, 1.165) is 5.56 Å². The first kappa shape index (κ1) is 15.1. The van der Waals surface area contributed by atoms with E-state index in [1.54, 1.807) is 36.4 Å². The predicted octanol–water partition coefficient (Wildman–Crippen LogP) is 3.48. The highest BCUT2D eigenvalue weighted by atomic mass is 35.5. The minimum absolute atomic E-state index is 0.121. The summed E-state index contributed by atoms with van der Waals surface area (Å²) in [5, 5.41) is 6.04. The van der Waals surface area contributed by atoms with Gasteiger partial charge in [-0.15, -0.1) is 0 Å². The van der Waals surface area contributed by atoms with Crippen LogP contribution in [0.1, 0.15) is 12.5 Å². The Morgan fingerprint density at radius 3 is 2.33 bits per heavy atom. The Morgan fingerprint density at radius 2 is 1.71 bits per heavy atom. The lowest BCUT2D eigenvalue weighted by atomic mass is 10.1. The molecule has 21 heavy (non-hydrogen) atoms. The van der Waals surface area contributed by atoms with Gasteiger partial charge in [-0.1, -0.05) is 29.8 Å². The number of carbonyl (C=O) groups is 2. The van der Waals surface area contributed by atoms with Crippen molar-refractivity contribution in [1.29, 1.82) is 0 Å². The molecule has 4 nitrogen and oxygen atoms in total. The van der Waals surface area contributed by atoms with Crippen LogP contribution in [0.4, 0.5) is 11.4 Å². The molecule has 0 saturated carbocycles.